The summed E-state index contributed by atoms with van der Waals surface area (Å²) < 4.78 is 10.1. The highest BCUT2D eigenvalue weighted by atomic mass is 35.5. The second kappa shape index (κ2) is 8.84. The highest BCUT2D eigenvalue weighted by Crippen LogP contribution is 2.25. The number of carbonyl (C=O) groups excluding carboxylic acids is 1. The van der Waals surface area contributed by atoms with Gasteiger partial charge in [-0.2, -0.15) is 0 Å². The van der Waals surface area contributed by atoms with Crippen molar-refractivity contribution in [2.75, 3.05) is 32.1 Å². The molecule has 1 aliphatic rings. The predicted molar refractivity (Wildman–Crippen MR) is 91.2 cm³/mol. The Morgan fingerprint density at radius 1 is 1.22 bits per heavy atom. The third kappa shape index (κ3) is 5.06. The average Bonchev–Trinajstić information content (AvgIpc) is 3.03. The van der Waals surface area contributed by atoms with Gasteiger partial charge < -0.3 is 22.3 Å². The Balaban J connectivity index is 0.00000192. The van der Waals surface area contributed by atoms with Crippen molar-refractivity contribution >= 4 is 38.2 Å². The number of hydrogen-bond acceptors (Lipinski definition) is 6. The molecule has 0 atom stereocenters. The molecule has 0 unspecified atom stereocenters. The molecule has 1 aliphatic heterocycles. The van der Waals surface area contributed by atoms with Crippen LogP contribution in [0.4, 0.5) is 0 Å². The number of ketones is 1. The monoisotopic (exact) mass is 389 g/mol. The summed E-state index contributed by atoms with van der Waals surface area (Å²) >= 11 is 1.57. The highest BCUT2D eigenvalue weighted by Gasteiger charge is 2.14. The van der Waals surface area contributed by atoms with E-state index in [1.807, 2.05) is 0 Å². The number of carbonyl (C=O) groups is 1. The molecule has 23 heavy (non-hydrogen) atoms. The number of morpholine rings is 1. The number of thioether (sulfide) groups is 1. The molecule has 2 aromatic rings. The van der Waals surface area contributed by atoms with Crippen LogP contribution in [0.25, 0.3) is 0 Å². The molecule has 0 amide bonds. The molecule has 8 heteroatoms. The highest BCUT2D eigenvalue weighted by molar-refractivity contribution is 8.03. The van der Waals surface area contributed by atoms with E-state index in [2.05, 4.69) is 10.6 Å². The van der Waals surface area contributed by atoms with E-state index in [1.165, 1.54) is 8.88 Å². The number of halogens is 1. The molecule has 1 fully saturated rings. The SMILES string of the molecule is O=C(CSc1cc(=[N+]2CCOCC2)ss1)c1ccc(O)cc1.[Cl-]. The molecule has 0 spiro atoms. The minimum Gasteiger partial charge on any atom is -1.00 e. The molecule has 1 aromatic heterocycles. The molecule has 124 valence electrons. The van der Waals surface area contributed by atoms with Crippen LogP contribution < -0.4 is 21.7 Å². The molecule has 0 aliphatic carbocycles. The lowest BCUT2D eigenvalue weighted by Crippen LogP contribution is -3.00. The number of phenols is 1. The predicted octanol–water partition coefficient (Wildman–Crippen LogP) is -0.703. The second-order valence-electron chi connectivity index (χ2n) is 4.83. The molecule has 4 nitrogen and oxygen atoms in total. The number of benzene rings is 1. The summed E-state index contributed by atoms with van der Waals surface area (Å²) in [5.74, 6) is 0.677. The van der Waals surface area contributed by atoms with Crippen molar-refractivity contribution in [3.63, 3.8) is 0 Å². The molecule has 0 saturated carbocycles. The van der Waals surface area contributed by atoms with Crippen LogP contribution in [-0.4, -0.2) is 42.9 Å². The van der Waals surface area contributed by atoms with Gasteiger partial charge in [-0.15, -0.1) is 11.8 Å². The maximum atomic E-state index is 12.1. The summed E-state index contributed by atoms with van der Waals surface area (Å²) in [6.07, 6.45) is 0. The van der Waals surface area contributed by atoms with Gasteiger partial charge in [0, 0.05) is 11.6 Å². The summed E-state index contributed by atoms with van der Waals surface area (Å²) in [5.41, 5.74) is 0.638. The largest absolute Gasteiger partial charge is 1.00 e. The van der Waals surface area contributed by atoms with Gasteiger partial charge in [0.1, 0.15) is 19.0 Å². The van der Waals surface area contributed by atoms with Gasteiger partial charge in [0.2, 0.25) is 0 Å². The standard InChI is InChI=1S/C15H15NO3S3.ClH/c17-12-3-1-11(2-4-12)13(18)10-20-15-9-14(21-22-15)16-5-7-19-8-6-16;/h1-4,9H,5-8,10H2;1H. The lowest BCUT2D eigenvalue weighted by molar-refractivity contribution is -0.0000139. The molecule has 0 bridgehead atoms. The van der Waals surface area contributed by atoms with Crippen molar-refractivity contribution < 1.29 is 27.0 Å². The second-order valence-corrected chi connectivity index (χ2v) is 8.29. The Kier molecular flexibility index (Phi) is 7.10. The Bertz CT molecular complexity index is 716. The summed E-state index contributed by atoms with van der Waals surface area (Å²) in [7, 11) is 3.47. The van der Waals surface area contributed by atoms with Gasteiger partial charge in [0.15, 0.2) is 18.9 Å². The third-order valence-corrected chi connectivity index (χ3v) is 7.25. The molecular weight excluding hydrogens is 374 g/mol. The van der Waals surface area contributed by atoms with E-state index < -0.39 is 0 Å². The molecular formula is C15H16ClNO3S3. The van der Waals surface area contributed by atoms with Crippen molar-refractivity contribution in [2.45, 2.75) is 4.21 Å². The number of rotatable bonds is 4. The fourth-order valence-corrected chi connectivity index (χ4v) is 5.87. The topological polar surface area (TPSA) is 49.5 Å². The average molecular weight is 390 g/mol. The first-order valence-electron chi connectivity index (χ1n) is 6.93. The van der Waals surface area contributed by atoms with Crippen LogP contribution in [-0.2, 0) is 4.74 Å². The van der Waals surface area contributed by atoms with Crippen molar-refractivity contribution in [2.24, 2.45) is 0 Å². The first-order valence-corrected chi connectivity index (χ1v) is 10.1. The normalized spacial score (nSPS) is 14.3. The first kappa shape index (κ1) is 18.5. The molecule has 3 rings (SSSR count). The van der Waals surface area contributed by atoms with Crippen LogP contribution >= 0.6 is 32.4 Å². The molecule has 1 saturated heterocycles. The van der Waals surface area contributed by atoms with Crippen LogP contribution in [0.2, 0.25) is 0 Å². The number of nitrogens with zero attached hydrogens (tertiary/aromatic N) is 1. The lowest BCUT2D eigenvalue weighted by Gasteiger charge is -2.09. The Hall–Kier alpha value is -0.860. The first-order chi connectivity index (χ1) is 10.7. The van der Waals surface area contributed by atoms with E-state index in [0.29, 0.717) is 11.3 Å². The lowest BCUT2D eigenvalue weighted by atomic mass is 10.1. The fraction of sp³-hybridized carbons (Fsp3) is 0.333. The van der Waals surface area contributed by atoms with E-state index in [9.17, 15) is 9.90 Å². The van der Waals surface area contributed by atoms with Crippen molar-refractivity contribution in [1.82, 2.24) is 4.58 Å². The number of hydrogen-bond donors (Lipinski definition) is 1. The van der Waals surface area contributed by atoms with E-state index in [4.69, 9.17) is 4.74 Å². The quantitative estimate of drug-likeness (QED) is 0.325. The summed E-state index contributed by atoms with van der Waals surface area (Å²) in [4.78, 5) is 12.1. The van der Waals surface area contributed by atoms with Crippen molar-refractivity contribution in [3.8, 4) is 5.75 Å². The zero-order valence-electron chi connectivity index (χ0n) is 12.2. The molecule has 2 heterocycles. The zero-order valence-corrected chi connectivity index (χ0v) is 15.4. The fourth-order valence-electron chi connectivity index (χ4n) is 2.09. The molecule has 0 radical (unpaired) electrons. The van der Waals surface area contributed by atoms with E-state index in [-0.39, 0.29) is 23.9 Å². The number of ether oxygens (including phenoxy) is 1. The van der Waals surface area contributed by atoms with Crippen LogP contribution in [0.1, 0.15) is 10.4 Å². The number of phenolic OH excluding ortho intramolecular Hbond substituents is 1. The summed E-state index contributed by atoms with van der Waals surface area (Å²) in [6.45, 7) is 3.43. The summed E-state index contributed by atoms with van der Waals surface area (Å²) in [5, 5.41) is 9.25. The Morgan fingerprint density at radius 3 is 2.61 bits per heavy atom. The van der Waals surface area contributed by atoms with E-state index >= 15 is 0 Å². The maximum Gasteiger partial charge on any atom is 0.268 e. The van der Waals surface area contributed by atoms with Crippen LogP contribution in [0, 0.1) is 0 Å². The number of aromatic hydroxyl groups is 1. The number of Topliss-reactive ketones (excluding diaryl/α,β-unsaturated/α-hetero) is 1. The van der Waals surface area contributed by atoms with Crippen molar-refractivity contribution in [3.05, 3.63) is 40.6 Å². The van der Waals surface area contributed by atoms with Gasteiger partial charge >= 0.3 is 0 Å². The van der Waals surface area contributed by atoms with Gasteiger partial charge in [0.05, 0.1) is 9.96 Å². The van der Waals surface area contributed by atoms with Crippen LogP contribution in [0.5, 0.6) is 5.75 Å². The van der Waals surface area contributed by atoms with Gasteiger partial charge in [0.25, 0.3) is 4.67 Å². The Morgan fingerprint density at radius 2 is 1.91 bits per heavy atom. The minimum absolute atomic E-state index is 0. The van der Waals surface area contributed by atoms with Crippen LogP contribution in [0.15, 0.2) is 34.5 Å². The van der Waals surface area contributed by atoms with Gasteiger partial charge in [-0.1, -0.05) is 10.3 Å². The minimum atomic E-state index is 0. The van der Waals surface area contributed by atoms with Gasteiger partial charge in [-0.25, -0.2) is 4.58 Å². The molecule has 1 aromatic carbocycles. The van der Waals surface area contributed by atoms with Crippen molar-refractivity contribution in [1.29, 1.82) is 0 Å². The maximum absolute atomic E-state index is 12.1. The van der Waals surface area contributed by atoms with E-state index in [0.717, 1.165) is 26.3 Å². The third-order valence-electron chi connectivity index (χ3n) is 3.31. The van der Waals surface area contributed by atoms with Gasteiger partial charge in [-0.3, -0.25) is 4.79 Å². The Labute approximate surface area is 152 Å². The summed E-state index contributed by atoms with van der Waals surface area (Å²) in [6, 6.07) is 8.57. The molecule has 1 N–H and O–H groups in total. The van der Waals surface area contributed by atoms with E-state index in [1.54, 1.807) is 56.7 Å². The smallest absolute Gasteiger partial charge is 0.268 e. The zero-order chi connectivity index (χ0) is 15.4. The van der Waals surface area contributed by atoms with Gasteiger partial charge in [-0.05, 0) is 34.6 Å². The van der Waals surface area contributed by atoms with Crippen LogP contribution in [0.3, 0.4) is 0 Å².